The molecular weight excluding hydrogens is 420 g/mol. The Morgan fingerprint density at radius 2 is 1.80 bits per heavy atom. The lowest BCUT2D eigenvalue weighted by atomic mass is 10.1. The SMILES string of the molecule is Cc1c(Cl)cccc1NS(=O)(=O)c1ccc2c(c1)C[C@@H](C)N2C(=O)c1ccccc1. The van der Waals surface area contributed by atoms with Gasteiger partial charge in [0, 0.05) is 22.3 Å². The van der Waals surface area contributed by atoms with Crippen LogP contribution in [0.4, 0.5) is 11.4 Å². The number of hydrogen-bond donors (Lipinski definition) is 1. The normalized spacial score (nSPS) is 15.7. The molecule has 0 aromatic heterocycles. The van der Waals surface area contributed by atoms with Crippen molar-refractivity contribution in [2.45, 2.75) is 31.2 Å². The van der Waals surface area contributed by atoms with E-state index in [2.05, 4.69) is 4.72 Å². The fourth-order valence-corrected chi connectivity index (χ4v) is 5.07. The molecule has 30 heavy (non-hydrogen) atoms. The molecule has 0 unspecified atom stereocenters. The molecule has 1 atom stereocenters. The summed E-state index contributed by atoms with van der Waals surface area (Å²) in [5.41, 5.74) is 3.29. The van der Waals surface area contributed by atoms with Crippen LogP contribution in [0.3, 0.4) is 0 Å². The van der Waals surface area contributed by atoms with Crippen molar-refractivity contribution in [3.05, 3.63) is 88.4 Å². The number of sulfonamides is 1. The largest absolute Gasteiger partial charge is 0.305 e. The van der Waals surface area contributed by atoms with Gasteiger partial charge in [-0.15, -0.1) is 0 Å². The van der Waals surface area contributed by atoms with Gasteiger partial charge in [0.2, 0.25) is 0 Å². The minimum atomic E-state index is -3.79. The Kier molecular flexibility index (Phi) is 5.30. The number of rotatable bonds is 4. The van der Waals surface area contributed by atoms with Crippen LogP contribution in [-0.2, 0) is 16.4 Å². The van der Waals surface area contributed by atoms with Crippen molar-refractivity contribution < 1.29 is 13.2 Å². The van der Waals surface area contributed by atoms with Gasteiger partial charge >= 0.3 is 0 Å². The van der Waals surface area contributed by atoms with E-state index < -0.39 is 10.0 Å². The first-order valence-electron chi connectivity index (χ1n) is 9.57. The van der Waals surface area contributed by atoms with E-state index in [-0.39, 0.29) is 16.8 Å². The molecule has 5 nitrogen and oxygen atoms in total. The summed E-state index contributed by atoms with van der Waals surface area (Å²) < 4.78 is 28.5. The van der Waals surface area contributed by atoms with E-state index in [0.717, 1.165) is 11.3 Å². The van der Waals surface area contributed by atoms with Crippen LogP contribution in [0.2, 0.25) is 5.02 Å². The number of amides is 1. The first-order chi connectivity index (χ1) is 14.3. The van der Waals surface area contributed by atoms with Crippen LogP contribution in [0.25, 0.3) is 0 Å². The maximum Gasteiger partial charge on any atom is 0.261 e. The molecular formula is C23H21ClN2O3S. The Hall–Kier alpha value is -2.83. The summed E-state index contributed by atoms with van der Waals surface area (Å²) in [6, 6.07) is 19.0. The predicted molar refractivity (Wildman–Crippen MR) is 120 cm³/mol. The van der Waals surface area contributed by atoms with Gasteiger partial charge < -0.3 is 4.90 Å². The van der Waals surface area contributed by atoms with Crippen LogP contribution in [0.5, 0.6) is 0 Å². The van der Waals surface area contributed by atoms with E-state index in [4.69, 9.17) is 11.6 Å². The van der Waals surface area contributed by atoms with Crippen LogP contribution in [0.15, 0.2) is 71.6 Å². The van der Waals surface area contributed by atoms with Crippen molar-refractivity contribution in [3.8, 4) is 0 Å². The van der Waals surface area contributed by atoms with Gasteiger partial charge in [0.05, 0.1) is 10.6 Å². The Balaban J connectivity index is 1.65. The minimum absolute atomic E-state index is 0.0613. The van der Waals surface area contributed by atoms with Gasteiger partial charge in [-0.25, -0.2) is 8.42 Å². The van der Waals surface area contributed by atoms with Crippen molar-refractivity contribution >= 4 is 38.9 Å². The van der Waals surface area contributed by atoms with Crippen LogP contribution >= 0.6 is 11.6 Å². The quantitative estimate of drug-likeness (QED) is 0.618. The maximum atomic E-state index is 13.0. The third-order valence-corrected chi connectivity index (χ3v) is 7.10. The summed E-state index contributed by atoms with van der Waals surface area (Å²) in [5, 5.41) is 0.494. The smallest absolute Gasteiger partial charge is 0.261 e. The van der Waals surface area contributed by atoms with Crippen LogP contribution in [0.1, 0.15) is 28.4 Å². The Bertz CT molecular complexity index is 1230. The number of benzene rings is 3. The van der Waals surface area contributed by atoms with E-state index in [9.17, 15) is 13.2 Å². The topological polar surface area (TPSA) is 66.5 Å². The Morgan fingerprint density at radius 1 is 1.07 bits per heavy atom. The Morgan fingerprint density at radius 3 is 2.53 bits per heavy atom. The monoisotopic (exact) mass is 440 g/mol. The molecule has 0 radical (unpaired) electrons. The molecule has 0 aliphatic carbocycles. The second-order valence-electron chi connectivity index (χ2n) is 7.40. The van der Waals surface area contributed by atoms with Crippen LogP contribution in [0, 0.1) is 6.92 Å². The Labute approximate surface area is 181 Å². The summed E-state index contributed by atoms with van der Waals surface area (Å²) in [7, 11) is -3.79. The lowest BCUT2D eigenvalue weighted by Gasteiger charge is -2.23. The molecule has 0 bridgehead atoms. The number of nitrogens with one attached hydrogen (secondary N) is 1. The third-order valence-electron chi connectivity index (χ3n) is 5.33. The van der Waals surface area contributed by atoms with E-state index in [1.807, 2.05) is 25.1 Å². The lowest BCUT2D eigenvalue weighted by molar-refractivity contribution is 0.0981. The zero-order chi connectivity index (χ0) is 21.5. The molecule has 4 rings (SSSR count). The number of hydrogen-bond acceptors (Lipinski definition) is 3. The molecule has 0 fully saturated rings. The lowest BCUT2D eigenvalue weighted by Crippen LogP contribution is -2.35. The van der Waals surface area contributed by atoms with E-state index in [0.29, 0.717) is 28.3 Å². The van der Waals surface area contributed by atoms with E-state index in [1.165, 1.54) is 6.07 Å². The van der Waals surface area contributed by atoms with Gasteiger partial charge in [-0.3, -0.25) is 9.52 Å². The third kappa shape index (κ3) is 3.68. The molecule has 154 valence electrons. The number of anilines is 2. The van der Waals surface area contributed by atoms with Crippen LogP contribution < -0.4 is 9.62 Å². The van der Waals surface area contributed by atoms with Crippen molar-refractivity contribution in [1.29, 1.82) is 0 Å². The fourth-order valence-electron chi connectivity index (χ4n) is 3.73. The molecule has 3 aromatic carbocycles. The summed E-state index contributed by atoms with van der Waals surface area (Å²) >= 11 is 6.11. The second-order valence-corrected chi connectivity index (χ2v) is 9.49. The van der Waals surface area contributed by atoms with E-state index in [1.54, 1.807) is 54.3 Å². The molecule has 1 heterocycles. The molecule has 0 saturated heterocycles. The standard InChI is InChI=1S/C23H21ClN2O3S/c1-15-13-18-14-19(30(28,29)25-21-10-6-9-20(24)16(21)2)11-12-22(18)26(15)23(27)17-7-4-3-5-8-17/h3-12,14-15,25H,13H2,1-2H3/t15-/m1/s1. The molecule has 0 saturated carbocycles. The molecule has 0 spiro atoms. The van der Waals surface area contributed by atoms with E-state index >= 15 is 0 Å². The van der Waals surface area contributed by atoms with Gasteiger partial charge in [0.25, 0.3) is 15.9 Å². The fraction of sp³-hybridized carbons (Fsp3) is 0.174. The molecule has 1 amide bonds. The zero-order valence-corrected chi connectivity index (χ0v) is 18.2. The summed E-state index contributed by atoms with van der Waals surface area (Å²) in [6.45, 7) is 3.72. The van der Waals surface area contributed by atoms with Gasteiger partial charge in [0.15, 0.2) is 0 Å². The van der Waals surface area contributed by atoms with Crippen molar-refractivity contribution in [2.75, 3.05) is 9.62 Å². The van der Waals surface area contributed by atoms with Gasteiger partial charge in [-0.2, -0.15) is 0 Å². The maximum absolute atomic E-state index is 13.0. The molecule has 1 aliphatic rings. The van der Waals surface area contributed by atoms with Crippen molar-refractivity contribution in [1.82, 2.24) is 0 Å². The number of carbonyl (C=O) groups excluding carboxylic acids is 1. The average molecular weight is 441 g/mol. The number of nitrogens with zero attached hydrogens (tertiary/aromatic N) is 1. The van der Waals surface area contributed by atoms with Crippen molar-refractivity contribution in [2.24, 2.45) is 0 Å². The van der Waals surface area contributed by atoms with Crippen molar-refractivity contribution in [3.63, 3.8) is 0 Å². The van der Waals surface area contributed by atoms with Crippen LogP contribution in [-0.4, -0.2) is 20.4 Å². The average Bonchev–Trinajstić information content (AvgIpc) is 3.06. The highest BCUT2D eigenvalue weighted by molar-refractivity contribution is 7.92. The number of carbonyl (C=O) groups is 1. The highest BCUT2D eigenvalue weighted by Crippen LogP contribution is 2.35. The summed E-state index contributed by atoms with van der Waals surface area (Å²) in [4.78, 5) is 14.9. The zero-order valence-electron chi connectivity index (χ0n) is 16.6. The second kappa shape index (κ2) is 7.78. The minimum Gasteiger partial charge on any atom is -0.305 e. The number of halogens is 1. The predicted octanol–water partition coefficient (Wildman–Crippen LogP) is 5.04. The summed E-state index contributed by atoms with van der Waals surface area (Å²) in [6.07, 6.45) is 0.591. The van der Waals surface area contributed by atoms with Gasteiger partial charge in [-0.05, 0) is 73.9 Å². The molecule has 1 N–H and O–H groups in total. The molecule has 1 aliphatic heterocycles. The molecule has 7 heteroatoms. The first kappa shape index (κ1) is 20.4. The highest BCUT2D eigenvalue weighted by atomic mass is 35.5. The first-order valence-corrected chi connectivity index (χ1v) is 11.4. The number of fused-ring (bicyclic) bond motifs is 1. The summed E-state index contributed by atoms with van der Waals surface area (Å²) in [5.74, 6) is -0.0925. The van der Waals surface area contributed by atoms with Gasteiger partial charge in [-0.1, -0.05) is 35.9 Å². The highest BCUT2D eigenvalue weighted by Gasteiger charge is 2.32. The molecule has 3 aromatic rings. The van der Waals surface area contributed by atoms with Gasteiger partial charge in [0.1, 0.15) is 0 Å².